The van der Waals surface area contributed by atoms with Gasteiger partial charge in [0.15, 0.2) is 0 Å². The molecule has 0 aliphatic heterocycles. The summed E-state index contributed by atoms with van der Waals surface area (Å²) in [5.74, 6) is 0. The summed E-state index contributed by atoms with van der Waals surface area (Å²) in [5, 5.41) is 8.44. The van der Waals surface area contributed by atoms with E-state index in [0.717, 1.165) is 0 Å². The van der Waals surface area contributed by atoms with Crippen molar-refractivity contribution in [2.45, 2.75) is 0 Å². The Hall–Kier alpha value is -1.95. The van der Waals surface area contributed by atoms with E-state index in [1.54, 1.807) is 18.2 Å². The van der Waals surface area contributed by atoms with Crippen LogP contribution in [-0.2, 0) is 4.79 Å². The summed E-state index contributed by atoms with van der Waals surface area (Å²) in [4.78, 5) is 13.9. The molecule has 1 rings (SSSR count). The Bertz CT molecular complexity index is 333. The minimum Gasteiger partial charge on any atom is -0.299 e. The molecule has 0 unspecified atom stereocenters. The molecule has 0 saturated heterocycles. The molecule has 0 spiro atoms. The summed E-state index contributed by atoms with van der Waals surface area (Å²) in [7, 11) is 0. The Kier molecular flexibility index (Phi) is 2.74. The van der Waals surface area contributed by atoms with E-state index in [4.69, 9.17) is 5.26 Å². The Labute approximate surface area is 70.0 Å². The largest absolute Gasteiger partial charge is 0.299 e. The first kappa shape index (κ1) is 8.15. The highest BCUT2D eigenvalue weighted by molar-refractivity contribution is 5.72. The number of rotatable bonds is 2. The molecule has 1 heterocycles. The van der Waals surface area contributed by atoms with Gasteiger partial charge in [0.1, 0.15) is 12.4 Å². The van der Waals surface area contributed by atoms with E-state index in [9.17, 15) is 4.79 Å². The predicted molar refractivity (Wildman–Crippen MR) is 44.1 cm³/mol. The van der Waals surface area contributed by atoms with Crippen molar-refractivity contribution in [3.05, 3.63) is 35.7 Å². The smallest absolute Gasteiger partial charge is 0.142 e. The monoisotopic (exact) mass is 158 g/mol. The van der Waals surface area contributed by atoms with Gasteiger partial charge >= 0.3 is 0 Å². The van der Waals surface area contributed by atoms with Gasteiger partial charge in [0.05, 0.1) is 11.3 Å². The van der Waals surface area contributed by atoms with Gasteiger partial charge in [-0.2, -0.15) is 5.26 Å². The van der Waals surface area contributed by atoms with Gasteiger partial charge in [-0.15, -0.1) is 0 Å². The maximum absolute atomic E-state index is 9.93. The van der Waals surface area contributed by atoms with Gasteiger partial charge in [-0.3, -0.25) is 9.78 Å². The molecule has 0 fully saturated rings. The normalized spacial score (nSPS) is 9.58. The van der Waals surface area contributed by atoms with E-state index >= 15 is 0 Å². The molecular formula is C9H6N2O. The van der Waals surface area contributed by atoms with Crippen LogP contribution in [0.4, 0.5) is 0 Å². The topological polar surface area (TPSA) is 53.8 Å². The third-order valence-corrected chi connectivity index (χ3v) is 1.26. The van der Waals surface area contributed by atoms with Crippen LogP contribution in [0.2, 0.25) is 0 Å². The Morgan fingerprint density at radius 3 is 2.83 bits per heavy atom. The number of nitrogens with zero attached hydrogens (tertiary/aromatic N) is 2. The number of aldehydes is 1. The van der Waals surface area contributed by atoms with E-state index in [1.807, 2.05) is 6.07 Å². The van der Waals surface area contributed by atoms with Crippen LogP contribution in [-0.4, -0.2) is 11.3 Å². The van der Waals surface area contributed by atoms with E-state index in [1.165, 1.54) is 12.3 Å². The lowest BCUT2D eigenvalue weighted by Gasteiger charge is -1.89. The second-order valence-corrected chi connectivity index (χ2v) is 2.08. The summed E-state index contributed by atoms with van der Waals surface area (Å²) in [6.07, 6.45) is 5.08. The molecule has 58 valence electrons. The van der Waals surface area contributed by atoms with Crippen molar-refractivity contribution in [3.63, 3.8) is 0 Å². The standard InChI is InChI=1S/C9H6N2O/c10-6-8-3-4-9(11-7-8)2-1-5-12/h1-5,7H. The number of aromatic nitrogens is 1. The van der Waals surface area contributed by atoms with Crippen molar-refractivity contribution < 1.29 is 4.79 Å². The first-order chi connectivity index (χ1) is 5.86. The van der Waals surface area contributed by atoms with E-state index in [-0.39, 0.29) is 0 Å². The minimum absolute atomic E-state index is 0.512. The molecule has 3 nitrogen and oxygen atoms in total. The molecule has 0 atom stereocenters. The van der Waals surface area contributed by atoms with Crippen molar-refractivity contribution in [1.82, 2.24) is 4.98 Å². The van der Waals surface area contributed by atoms with E-state index < -0.39 is 0 Å². The molecule has 0 aliphatic rings. The predicted octanol–water partition coefficient (Wildman–Crippen LogP) is 1.17. The number of hydrogen-bond acceptors (Lipinski definition) is 3. The maximum Gasteiger partial charge on any atom is 0.142 e. The lowest BCUT2D eigenvalue weighted by molar-refractivity contribution is -0.104. The Morgan fingerprint density at radius 1 is 1.50 bits per heavy atom. The van der Waals surface area contributed by atoms with E-state index in [0.29, 0.717) is 17.5 Å². The van der Waals surface area contributed by atoms with Crippen LogP contribution in [0.25, 0.3) is 6.08 Å². The number of carbonyl (C=O) groups is 1. The Balaban J connectivity index is 2.86. The zero-order valence-corrected chi connectivity index (χ0v) is 6.27. The molecule has 3 heteroatoms. The molecular weight excluding hydrogens is 152 g/mol. The third kappa shape index (κ3) is 2.03. The summed E-state index contributed by atoms with van der Waals surface area (Å²) >= 11 is 0. The highest BCUT2D eigenvalue weighted by Gasteiger charge is 1.89. The van der Waals surface area contributed by atoms with Gasteiger partial charge in [-0.1, -0.05) is 0 Å². The number of pyridine rings is 1. The first-order valence-electron chi connectivity index (χ1n) is 3.35. The van der Waals surface area contributed by atoms with Crippen LogP contribution in [0.15, 0.2) is 24.4 Å². The summed E-state index contributed by atoms with van der Waals surface area (Å²) in [6, 6.07) is 5.28. The average Bonchev–Trinajstić information content (AvgIpc) is 2.15. The maximum atomic E-state index is 9.93. The molecule has 0 aromatic carbocycles. The van der Waals surface area contributed by atoms with Crippen molar-refractivity contribution in [2.24, 2.45) is 0 Å². The molecule has 0 bridgehead atoms. The van der Waals surface area contributed by atoms with Crippen LogP contribution < -0.4 is 0 Å². The van der Waals surface area contributed by atoms with Gasteiger partial charge in [-0.25, -0.2) is 0 Å². The van der Waals surface area contributed by atoms with Gasteiger partial charge < -0.3 is 0 Å². The lowest BCUT2D eigenvalue weighted by atomic mass is 10.2. The zero-order chi connectivity index (χ0) is 8.81. The summed E-state index contributed by atoms with van der Waals surface area (Å²) < 4.78 is 0. The van der Waals surface area contributed by atoms with Gasteiger partial charge in [-0.05, 0) is 24.3 Å². The Morgan fingerprint density at radius 2 is 2.33 bits per heavy atom. The average molecular weight is 158 g/mol. The van der Waals surface area contributed by atoms with Crippen molar-refractivity contribution in [1.29, 1.82) is 5.26 Å². The summed E-state index contributed by atoms with van der Waals surface area (Å²) in [5.41, 5.74) is 1.18. The van der Waals surface area contributed by atoms with Crippen LogP contribution >= 0.6 is 0 Å². The fraction of sp³-hybridized carbons (Fsp3) is 0. The lowest BCUT2D eigenvalue weighted by Crippen LogP contribution is -1.81. The fourth-order valence-electron chi connectivity index (χ4n) is 0.708. The van der Waals surface area contributed by atoms with Crippen molar-refractivity contribution >= 4 is 12.4 Å². The molecule has 12 heavy (non-hydrogen) atoms. The quantitative estimate of drug-likeness (QED) is 0.479. The first-order valence-corrected chi connectivity index (χ1v) is 3.35. The number of nitriles is 1. The molecule has 0 radical (unpaired) electrons. The zero-order valence-electron chi connectivity index (χ0n) is 6.27. The molecule has 0 aliphatic carbocycles. The van der Waals surface area contributed by atoms with Gasteiger partial charge in [0.2, 0.25) is 0 Å². The summed E-state index contributed by atoms with van der Waals surface area (Å²) in [6.45, 7) is 0. The molecule has 0 saturated carbocycles. The van der Waals surface area contributed by atoms with Crippen LogP contribution in [0.3, 0.4) is 0 Å². The number of carbonyl (C=O) groups excluding carboxylic acids is 1. The fourth-order valence-corrected chi connectivity index (χ4v) is 0.708. The highest BCUT2D eigenvalue weighted by Crippen LogP contribution is 1.99. The molecule has 0 N–H and O–H groups in total. The van der Waals surface area contributed by atoms with Crippen molar-refractivity contribution in [3.8, 4) is 6.07 Å². The van der Waals surface area contributed by atoms with Crippen molar-refractivity contribution in [2.75, 3.05) is 0 Å². The third-order valence-electron chi connectivity index (χ3n) is 1.26. The second-order valence-electron chi connectivity index (χ2n) is 2.08. The SMILES string of the molecule is N#Cc1ccc(C=CC=O)nc1. The molecule has 1 aromatic rings. The highest BCUT2D eigenvalue weighted by atomic mass is 16.1. The van der Waals surface area contributed by atoms with E-state index in [2.05, 4.69) is 4.98 Å². The minimum atomic E-state index is 0.512. The molecule has 0 amide bonds. The van der Waals surface area contributed by atoms with Gasteiger partial charge in [0.25, 0.3) is 0 Å². The van der Waals surface area contributed by atoms with Gasteiger partial charge in [0, 0.05) is 6.20 Å². The molecule has 1 aromatic heterocycles. The van der Waals surface area contributed by atoms with Crippen LogP contribution in [0.5, 0.6) is 0 Å². The van der Waals surface area contributed by atoms with Crippen LogP contribution in [0.1, 0.15) is 11.3 Å². The second kappa shape index (κ2) is 4.04. The number of hydrogen-bond donors (Lipinski definition) is 0. The number of allylic oxidation sites excluding steroid dienone is 1. The van der Waals surface area contributed by atoms with Crippen LogP contribution in [0, 0.1) is 11.3 Å².